The fourth-order valence-corrected chi connectivity index (χ4v) is 3.65. The average Bonchev–Trinajstić information content (AvgIpc) is 2.89. The third kappa shape index (κ3) is 3.98. The van der Waals surface area contributed by atoms with E-state index in [1.54, 1.807) is 31.3 Å². The molecule has 130 valence electrons. The molecule has 0 bridgehead atoms. The fraction of sp³-hybridized carbons (Fsp3) is 0.400. The van der Waals surface area contributed by atoms with E-state index in [0.29, 0.717) is 11.5 Å². The Kier molecular flexibility index (Phi) is 5.35. The molecule has 2 aromatic heterocycles. The van der Waals surface area contributed by atoms with Gasteiger partial charge in [0.2, 0.25) is 10.0 Å². The molecule has 0 unspecified atom stereocenters. The van der Waals surface area contributed by atoms with Crippen LogP contribution in [0.25, 0.3) is 5.82 Å². The van der Waals surface area contributed by atoms with Gasteiger partial charge in [0.15, 0.2) is 5.82 Å². The van der Waals surface area contributed by atoms with Crippen LogP contribution in [0.5, 0.6) is 0 Å². The Morgan fingerprint density at radius 3 is 2.62 bits per heavy atom. The van der Waals surface area contributed by atoms with Crippen LogP contribution in [0.15, 0.2) is 35.5 Å². The molecule has 0 aliphatic carbocycles. The van der Waals surface area contributed by atoms with E-state index in [9.17, 15) is 18.3 Å². The average molecular weight is 352 g/mol. The Morgan fingerprint density at radius 2 is 2.08 bits per heavy atom. The van der Waals surface area contributed by atoms with Crippen molar-refractivity contribution in [2.75, 3.05) is 0 Å². The monoisotopic (exact) mass is 352 g/mol. The zero-order chi connectivity index (χ0) is 17.9. The number of hydrogen-bond donors (Lipinski definition) is 2. The quantitative estimate of drug-likeness (QED) is 0.777. The van der Waals surface area contributed by atoms with Crippen molar-refractivity contribution >= 4 is 16.0 Å². The number of nitrogens with one attached hydrogen (secondary N) is 1. The van der Waals surface area contributed by atoms with Crippen LogP contribution < -0.4 is 4.72 Å². The maximum absolute atomic E-state index is 12.5. The summed E-state index contributed by atoms with van der Waals surface area (Å²) in [5.74, 6) is -0.693. The van der Waals surface area contributed by atoms with Crippen molar-refractivity contribution in [1.29, 1.82) is 0 Å². The fourth-order valence-electron chi connectivity index (χ4n) is 2.29. The second-order valence-corrected chi connectivity index (χ2v) is 7.52. The van der Waals surface area contributed by atoms with Crippen LogP contribution >= 0.6 is 0 Å². The van der Waals surface area contributed by atoms with Crippen molar-refractivity contribution in [3.05, 3.63) is 36.3 Å². The van der Waals surface area contributed by atoms with Crippen molar-refractivity contribution in [1.82, 2.24) is 19.5 Å². The van der Waals surface area contributed by atoms with E-state index in [2.05, 4.69) is 14.8 Å². The molecule has 9 heteroatoms. The van der Waals surface area contributed by atoms with E-state index in [1.807, 2.05) is 13.8 Å². The van der Waals surface area contributed by atoms with Gasteiger partial charge >= 0.3 is 5.97 Å². The minimum atomic E-state index is -4.01. The van der Waals surface area contributed by atoms with Gasteiger partial charge in [-0.2, -0.15) is 9.82 Å². The van der Waals surface area contributed by atoms with E-state index in [4.69, 9.17) is 0 Å². The second kappa shape index (κ2) is 7.10. The summed E-state index contributed by atoms with van der Waals surface area (Å²) in [6, 6.07) is 4.01. The van der Waals surface area contributed by atoms with Crippen molar-refractivity contribution in [2.45, 2.75) is 38.1 Å². The van der Waals surface area contributed by atoms with Crippen LogP contribution in [0.1, 0.15) is 26.0 Å². The second-order valence-electron chi connectivity index (χ2n) is 5.84. The largest absolute Gasteiger partial charge is 0.480 e. The predicted octanol–water partition coefficient (Wildman–Crippen LogP) is 1.35. The minimum absolute atomic E-state index is 0.0335. The molecule has 0 saturated heterocycles. The summed E-state index contributed by atoms with van der Waals surface area (Å²) in [5.41, 5.74) is 0.356. The minimum Gasteiger partial charge on any atom is -0.480 e. The van der Waals surface area contributed by atoms with E-state index < -0.39 is 22.0 Å². The summed E-state index contributed by atoms with van der Waals surface area (Å²) in [6.45, 7) is 5.25. The first kappa shape index (κ1) is 18.1. The first-order valence-electron chi connectivity index (χ1n) is 7.43. The molecule has 0 aliphatic rings. The summed E-state index contributed by atoms with van der Waals surface area (Å²) in [7, 11) is -4.01. The number of nitrogens with zero attached hydrogens (tertiary/aromatic N) is 3. The lowest BCUT2D eigenvalue weighted by atomic mass is 10.1. The van der Waals surface area contributed by atoms with Gasteiger partial charge in [0.1, 0.15) is 10.9 Å². The van der Waals surface area contributed by atoms with E-state index in [0.717, 1.165) is 0 Å². The molecule has 0 aromatic carbocycles. The number of sulfonamides is 1. The third-order valence-corrected chi connectivity index (χ3v) is 5.00. The number of carboxylic acids is 1. The normalized spacial score (nSPS) is 13.2. The van der Waals surface area contributed by atoms with Gasteiger partial charge in [-0.25, -0.2) is 18.1 Å². The van der Waals surface area contributed by atoms with Gasteiger partial charge in [0.05, 0.1) is 11.9 Å². The zero-order valence-corrected chi connectivity index (χ0v) is 14.5. The molecule has 2 heterocycles. The van der Waals surface area contributed by atoms with Gasteiger partial charge in [-0.1, -0.05) is 19.9 Å². The molecule has 0 spiro atoms. The molecule has 0 radical (unpaired) electrons. The molecular formula is C15H20N4O4S. The summed E-state index contributed by atoms with van der Waals surface area (Å²) in [4.78, 5) is 15.4. The Hall–Kier alpha value is -2.26. The SMILES string of the molecule is Cc1c(S(=O)(=O)N[C@H](CC(C)C)C(=O)O)cnn1-c1ccccn1. The summed E-state index contributed by atoms with van der Waals surface area (Å²) >= 11 is 0. The highest BCUT2D eigenvalue weighted by atomic mass is 32.2. The molecule has 0 aliphatic heterocycles. The molecule has 24 heavy (non-hydrogen) atoms. The molecule has 2 aromatic rings. The highest BCUT2D eigenvalue weighted by Crippen LogP contribution is 2.18. The topological polar surface area (TPSA) is 114 Å². The van der Waals surface area contributed by atoms with Gasteiger partial charge in [0.25, 0.3) is 0 Å². The Labute approximate surface area is 140 Å². The van der Waals surface area contributed by atoms with Crippen LogP contribution in [0.3, 0.4) is 0 Å². The zero-order valence-electron chi connectivity index (χ0n) is 13.7. The number of hydrogen-bond acceptors (Lipinski definition) is 5. The van der Waals surface area contributed by atoms with Crippen LogP contribution in [-0.4, -0.2) is 40.3 Å². The van der Waals surface area contributed by atoms with Crippen molar-refractivity contribution in [3.8, 4) is 5.82 Å². The van der Waals surface area contributed by atoms with Crippen LogP contribution in [0.2, 0.25) is 0 Å². The first-order chi connectivity index (χ1) is 11.2. The van der Waals surface area contributed by atoms with Gasteiger partial charge in [-0.3, -0.25) is 4.79 Å². The highest BCUT2D eigenvalue weighted by Gasteiger charge is 2.29. The van der Waals surface area contributed by atoms with Gasteiger partial charge in [0, 0.05) is 6.20 Å². The van der Waals surface area contributed by atoms with Crippen molar-refractivity contribution < 1.29 is 18.3 Å². The molecular weight excluding hydrogens is 332 g/mol. The molecule has 8 nitrogen and oxygen atoms in total. The molecule has 0 fully saturated rings. The molecule has 2 rings (SSSR count). The summed E-state index contributed by atoms with van der Waals surface area (Å²) in [5, 5.41) is 13.3. The van der Waals surface area contributed by atoms with E-state index in [1.165, 1.54) is 10.9 Å². The van der Waals surface area contributed by atoms with Crippen molar-refractivity contribution in [2.24, 2.45) is 5.92 Å². The van der Waals surface area contributed by atoms with Crippen LogP contribution in [0, 0.1) is 12.8 Å². The Morgan fingerprint density at radius 1 is 1.38 bits per heavy atom. The number of pyridine rings is 1. The van der Waals surface area contributed by atoms with Crippen LogP contribution in [-0.2, 0) is 14.8 Å². The maximum atomic E-state index is 12.5. The molecule has 0 saturated carbocycles. The number of aromatic nitrogens is 3. The first-order valence-corrected chi connectivity index (χ1v) is 8.92. The Bertz CT molecular complexity index is 815. The Balaban J connectivity index is 2.33. The van der Waals surface area contributed by atoms with Crippen molar-refractivity contribution in [3.63, 3.8) is 0 Å². The number of carbonyl (C=O) groups is 1. The lowest BCUT2D eigenvalue weighted by Crippen LogP contribution is -2.41. The highest BCUT2D eigenvalue weighted by molar-refractivity contribution is 7.89. The maximum Gasteiger partial charge on any atom is 0.321 e. The summed E-state index contributed by atoms with van der Waals surface area (Å²) in [6.07, 6.45) is 2.97. The van der Waals surface area contributed by atoms with E-state index in [-0.39, 0.29) is 17.2 Å². The number of rotatable bonds is 7. The molecule has 1 atom stereocenters. The smallest absolute Gasteiger partial charge is 0.321 e. The summed E-state index contributed by atoms with van der Waals surface area (Å²) < 4.78 is 28.7. The van der Waals surface area contributed by atoms with Gasteiger partial charge in [-0.15, -0.1) is 0 Å². The van der Waals surface area contributed by atoms with Gasteiger partial charge in [-0.05, 0) is 31.4 Å². The predicted molar refractivity (Wildman–Crippen MR) is 87.3 cm³/mol. The lowest BCUT2D eigenvalue weighted by Gasteiger charge is -2.16. The van der Waals surface area contributed by atoms with E-state index >= 15 is 0 Å². The lowest BCUT2D eigenvalue weighted by molar-refractivity contribution is -0.139. The number of aliphatic carboxylic acids is 1. The number of carboxylic acid groups (broad SMARTS) is 1. The third-order valence-electron chi connectivity index (χ3n) is 3.42. The van der Waals surface area contributed by atoms with Gasteiger partial charge < -0.3 is 5.11 Å². The molecule has 2 N–H and O–H groups in total. The molecule has 0 amide bonds. The van der Waals surface area contributed by atoms with Crippen LogP contribution in [0.4, 0.5) is 0 Å². The standard InChI is InChI=1S/C15H20N4O4S/c1-10(2)8-12(15(20)21)18-24(22,23)13-9-17-19(11(13)3)14-6-4-5-7-16-14/h4-7,9-10,12,18H,8H2,1-3H3,(H,20,21)/t12-/m1/s1.